The number of terminal acetylenes is 1. The second-order valence-electron chi connectivity index (χ2n) is 3.94. The van der Waals surface area contributed by atoms with E-state index >= 15 is 0 Å². The Bertz CT molecular complexity index is 398. The quantitative estimate of drug-likeness (QED) is 0.466. The fourth-order valence-electron chi connectivity index (χ4n) is 1.59. The summed E-state index contributed by atoms with van der Waals surface area (Å²) in [5.41, 5.74) is 1.08. The van der Waals surface area contributed by atoms with Crippen LogP contribution in [0.25, 0.3) is 0 Å². The van der Waals surface area contributed by atoms with E-state index in [1.54, 1.807) is 0 Å². The lowest BCUT2D eigenvalue weighted by atomic mass is 10.1. The molecule has 96 valence electrons. The molecule has 0 aliphatic rings. The van der Waals surface area contributed by atoms with Crippen molar-refractivity contribution in [2.24, 2.45) is 0 Å². The maximum atomic E-state index is 11.5. The lowest BCUT2D eigenvalue weighted by molar-refractivity contribution is -0.121. The van der Waals surface area contributed by atoms with E-state index in [-0.39, 0.29) is 25.1 Å². The topological polar surface area (TPSA) is 61.4 Å². The van der Waals surface area contributed by atoms with Gasteiger partial charge in [-0.25, -0.2) is 0 Å². The Balaban J connectivity index is 2.38. The van der Waals surface area contributed by atoms with Gasteiger partial charge in [-0.15, -0.1) is 6.42 Å². The van der Waals surface area contributed by atoms with E-state index in [2.05, 4.69) is 16.6 Å². The fourth-order valence-corrected chi connectivity index (χ4v) is 1.59. The van der Waals surface area contributed by atoms with Crippen LogP contribution < -0.4 is 10.6 Å². The predicted molar refractivity (Wildman–Crippen MR) is 70.9 cm³/mol. The minimum absolute atomic E-state index is 0.0875. The molecular weight excluding hydrogens is 228 g/mol. The van der Waals surface area contributed by atoms with Crippen molar-refractivity contribution in [1.29, 1.82) is 0 Å². The number of amides is 1. The molecule has 0 unspecified atom stereocenters. The van der Waals surface area contributed by atoms with Crippen molar-refractivity contribution >= 4 is 5.91 Å². The molecule has 3 N–H and O–H groups in total. The summed E-state index contributed by atoms with van der Waals surface area (Å²) in [6.45, 7) is 0.432. The molecule has 0 saturated carbocycles. The first-order chi connectivity index (χ1) is 8.76. The fraction of sp³-hybridized carbons (Fsp3) is 0.357. The number of aliphatic hydroxyl groups excluding tert-OH is 1. The van der Waals surface area contributed by atoms with Crippen molar-refractivity contribution in [1.82, 2.24) is 10.6 Å². The number of carbonyl (C=O) groups excluding carboxylic acids is 1. The van der Waals surface area contributed by atoms with Gasteiger partial charge >= 0.3 is 0 Å². The summed E-state index contributed by atoms with van der Waals surface area (Å²) in [6.07, 6.45) is 5.67. The molecule has 0 bridgehead atoms. The van der Waals surface area contributed by atoms with Crippen LogP contribution in [0.5, 0.6) is 0 Å². The Hall–Kier alpha value is -1.83. The van der Waals surface area contributed by atoms with Gasteiger partial charge in [0.05, 0.1) is 25.7 Å². The highest BCUT2D eigenvalue weighted by Crippen LogP contribution is 2.02. The number of benzene rings is 1. The highest BCUT2D eigenvalue weighted by molar-refractivity contribution is 5.78. The van der Waals surface area contributed by atoms with Gasteiger partial charge in [-0.05, 0) is 12.0 Å². The molecule has 0 aliphatic carbocycles. The van der Waals surface area contributed by atoms with Crippen LogP contribution in [0, 0.1) is 12.3 Å². The van der Waals surface area contributed by atoms with Gasteiger partial charge in [-0.2, -0.15) is 0 Å². The second kappa shape index (κ2) is 8.29. The van der Waals surface area contributed by atoms with E-state index < -0.39 is 0 Å². The molecule has 1 rings (SSSR count). The third kappa shape index (κ3) is 5.48. The zero-order valence-electron chi connectivity index (χ0n) is 10.2. The molecule has 18 heavy (non-hydrogen) atoms. The van der Waals surface area contributed by atoms with E-state index in [0.29, 0.717) is 13.0 Å². The lowest BCUT2D eigenvalue weighted by Gasteiger charge is -2.16. The zero-order chi connectivity index (χ0) is 13.2. The average molecular weight is 246 g/mol. The SMILES string of the molecule is C#CCNCC(=O)N[C@H](CO)Cc1ccccc1. The second-order valence-corrected chi connectivity index (χ2v) is 3.94. The van der Waals surface area contributed by atoms with E-state index in [1.807, 2.05) is 30.3 Å². The lowest BCUT2D eigenvalue weighted by Crippen LogP contribution is -2.43. The summed E-state index contributed by atoms with van der Waals surface area (Å²) in [5, 5.41) is 14.8. The third-order valence-electron chi connectivity index (χ3n) is 2.42. The summed E-state index contributed by atoms with van der Waals surface area (Å²) in [6, 6.07) is 9.45. The molecular formula is C14H18N2O2. The van der Waals surface area contributed by atoms with Crippen molar-refractivity contribution < 1.29 is 9.90 Å². The molecule has 1 amide bonds. The Kier molecular flexibility index (Phi) is 6.55. The summed E-state index contributed by atoms with van der Waals surface area (Å²) >= 11 is 0. The van der Waals surface area contributed by atoms with Gasteiger partial charge in [0.25, 0.3) is 0 Å². The normalized spacial score (nSPS) is 11.6. The molecule has 0 spiro atoms. The number of rotatable bonds is 7. The first kappa shape index (κ1) is 14.2. The van der Waals surface area contributed by atoms with Gasteiger partial charge < -0.3 is 10.4 Å². The molecule has 0 heterocycles. The van der Waals surface area contributed by atoms with Crippen LogP contribution >= 0.6 is 0 Å². The summed E-state index contributed by atoms with van der Waals surface area (Å²) < 4.78 is 0. The number of hydrogen-bond donors (Lipinski definition) is 3. The van der Waals surface area contributed by atoms with Crippen molar-refractivity contribution in [2.45, 2.75) is 12.5 Å². The van der Waals surface area contributed by atoms with Crippen LogP contribution in [-0.2, 0) is 11.2 Å². The van der Waals surface area contributed by atoms with Crippen molar-refractivity contribution in [3.63, 3.8) is 0 Å². The molecule has 4 nitrogen and oxygen atoms in total. The van der Waals surface area contributed by atoms with Crippen molar-refractivity contribution in [3.8, 4) is 12.3 Å². The monoisotopic (exact) mass is 246 g/mol. The highest BCUT2D eigenvalue weighted by Gasteiger charge is 2.11. The third-order valence-corrected chi connectivity index (χ3v) is 2.42. The zero-order valence-corrected chi connectivity index (χ0v) is 10.2. The molecule has 0 radical (unpaired) electrons. The van der Waals surface area contributed by atoms with Crippen LogP contribution in [0.3, 0.4) is 0 Å². The van der Waals surface area contributed by atoms with Gasteiger partial charge in [0, 0.05) is 0 Å². The van der Waals surface area contributed by atoms with Gasteiger partial charge in [-0.3, -0.25) is 10.1 Å². The maximum Gasteiger partial charge on any atom is 0.234 e. The van der Waals surface area contributed by atoms with E-state index in [0.717, 1.165) is 5.56 Å². The molecule has 1 aromatic carbocycles. The van der Waals surface area contributed by atoms with E-state index in [9.17, 15) is 9.90 Å². The standard InChI is InChI=1S/C14H18N2O2/c1-2-8-15-10-14(18)16-13(11-17)9-12-6-4-3-5-7-12/h1,3-7,13,15,17H,8-11H2,(H,16,18)/t13-/m0/s1. The smallest absolute Gasteiger partial charge is 0.234 e. The van der Waals surface area contributed by atoms with E-state index in [1.165, 1.54) is 0 Å². The Labute approximate surface area is 107 Å². The molecule has 4 heteroatoms. The van der Waals surface area contributed by atoms with Crippen LogP contribution in [0.2, 0.25) is 0 Å². The van der Waals surface area contributed by atoms with Crippen molar-refractivity contribution in [2.75, 3.05) is 19.7 Å². The maximum absolute atomic E-state index is 11.5. The molecule has 0 aliphatic heterocycles. The molecule has 1 atom stereocenters. The Morgan fingerprint density at radius 2 is 2.11 bits per heavy atom. The van der Waals surface area contributed by atoms with Gasteiger partial charge in [0.1, 0.15) is 0 Å². The number of carbonyl (C=O) groups is 1. The largest absolute Gasteiger partial charge is 0.394 e. The predicted octanol–water partition coefficient (Wildman–Crippen LogP) is -0.0710. The Morgan fingerprint density at radius 1 is 1.39 bits per heavy atom. The summed E-state index contributed by atoms with van der Waals surface area (Å²) in [5.74, 6) is 2.22. The van der Waals surface area contributed by atoms with Gasteiger partial charge in [0.15, 0.2) is 0 Å². The average Bonchev–Trinajstić information content (AvgIpc) is 2.39. The van der Waals surface area contributed by atoms with Crippen LogP contribution in [0.15, 0.2) is 30.3 Å². The molecule has 1 aromatic rings. The summed E-state index contributed by atoms with van der Waals surface area (Å²) in [4.78, 5) is 11.5. The Morgan fingerprint density at radius 3 is 2.72 bits per heavy atom. The minimum atomic E-state index is -0.271. The van der Waals surface area contributed by atoms with Crippen LogP contribution in [-0.4, -0.2) is 36.8 Å². The van der Waals surface area contributed by atoms with Crippen molar-refractivity contribution in [3.05, 3.63) is 35.9 Å². The van der Waals surface area contributed by atoms with E-state index in [4.69, 9.17) is 6.42 Å². The number of nitrogens with one attached hydrogen (secondary N) is 2. The van der Waals surface area contributed by atoms with Gasteiger partial charge in [-0.1, -0.05) is 36.3 Å². The first-order valence-corrected chi connectivity index (χ1v) is 5.84. The van der Waals surface area contributed by atoms with Gasteiger partial charge in [0.2, 0.25) is 5.91 Å². The summed E-state index contributed by atoms with van der Waals surface area (Å²) in [7, 11) is 0. The number of aliphatic hydroxyl groups is 1. The van der Waals surface area contributed by atoms with Crippen LogP contribution in [0.4, 0.5) is 0 Å². The molecule has 0 saturated heterocycles. The molecule has 0 fully saturated rings. The highest BCUT2D eigenvalue weighted by atomic mass is 16.3. The number of hydrogen-bond acceptors (Lipinski definition) is 3. The molecule has 0 aromatic heterocycles. The first-order valence-electron chi connectivity index (χ1n) is 5.84. The minimum Gasteiger partial charge on any atom is -0.394 e. The van der Waals surface area contributed by atoms with Crippen LogP contribution in [0.1, 0.15) is 5.56 Å².